The Labute approximate surface area is 80.5 Å². The van der Waals surface area contributed by atoms with E-state index in [1.165, 1.54) is 5.82 Å². The molecule has 2 heterocycles. The molecule has 0 aliphatic carbocycles. The fourth-order valence-electron chi connectivity index (χ4n) is 1.54. The molecular weight excluding hydrogens is 218 g/mol. The zero-order valence-electron chi connectivity index (χ0n) is 7.13. The summed E-state index contributed by atoms with van der Waals surface area (Å²) in [5.74, 6) is 1.18. The molecule has 1 aliphatic heterocycles. The van der Waals surface area contributed by atoms with Crippen LogP contribution in [0.5, 0.6) is 0 Å². The van der Waals surface area contributed by atoms with Crippen molar-refractivity contribution in [3.63, 3.8) is 0 Å². The maximum Gasteiger partial charge on any atom is 0.123 e. The highest BCUT2D eigenvalue weighted by atomic mass is 79.9. The highest BCUT2D eigenvalue weighted by Crippen LogP contribution is 2.17. The Balaban J connectivity index is 2.24. The fraction of sp³-hybridized carbons (Fsp3) is 0.625. The lowest BCUT2D eigenvalue weighted by Crippen LogP contribution is -2.33. The van der Waals surface area contributed by atoms with Gasteiger partial charge in [-0.2, -0.15) is 0 Å². The summed E-state index contributed by atoms with van der Waals surface area (Å²) in [6, 6.07) is 0. The summed E-state index contributed by atoms with van der Waals surface area (Å²) in [4.78, 5) is 6.73. The van der Waals surface area contributed by atoms with E-state index in [2.05, 4.69) is 37.3 Å². The molecule has 3 nitrogen and oxygen atoms in total. The first kappa shape index (κ1) is 8.26. The number of likely N-dealkylation sites (N-methyl/N-ethyl adjacent to an activating group) is 1. The number of hydrogen-bond donors (Lipinski definition) is 0. The summed E-state index contributed by atoms with van der Waals surface area (Å²) in [6.45, 7) is 6.49. The van der Waals surface area contributed by atoms with Crippen LogP contribution in [-0.4, -0.2) is 27.5 Å². The van der Waals surface area contributed by atoms with Gasteiger partial charge >= 0.3 is 0 Å². The minimum Gasteiger partial charge on any atom is -0.320 e. The monoisotopic (exact) mass is 229 g/mol. The molecule has 0 unspecified atom stereocenters. The van der Waals surface area contributed by atoms with Crippen molar-refractivity contribution in [1.82, 2.24) is 14.5 Å². The number of imidazole rings is 1. The van der Waals surface area contributed by atoms with Gasteiger partial charge in [-0.1, -0.05) is 6.92 Å². The van der Waals surface area contributed by atoms with Gasteiger partial charge in [-0.3, -0.25) is 4.90 Å². The van der Waals surface area contributed by atoms with E-state index in [0.29, 0.717) is 0 Å². The van der Waals surface area contributed by atoms with E-state index in [1.807, 2.05) is 6.20 Å². The average Bonchev–Trinajstić information content (AvgIpc) is 2.47. The number of nitrogens with zero attached hydrogens (tertiary/aromatic N) is 3. The summed E-state index contributed by atoms with van der Waals surface area (Å²) in [7, 11) is 0. The van der Waals surface area contributed by atoms with Gasteiger partial charge in [0.2, 0.25) is 0 Å². The predicted octanol–water partition coefficient (Wildman–Crippen LogP) is 1.48. The molecule has 0 atom stereocenters. The van der Waals surface area contributed by atoms with Crippen molar-refractivity contribution in [2.45, 2.75) is 20.0 Å². The second kappa shape index (κ2) is 3.18. The molecule has 4 heteroatoms. The summed E-state index contributed by atoms with van der Waals surface area (Å²) in [5, 5.41) is 0. The summed E-state index contributed by atoms with van der Waals surface area (Å²) in [6.07, 6.45) is 1.88. The third kappa shape index (κ3) is 1.29. The van der Waals surface area contributed by atoms with Crippen LogP contribution in [0.2, 0.25) is 0 Å². The van der Waals surface area contributed by atoms with Crippen molar-refractivity contribution >= 4 is 15.9 Å². The number of fused-ring (bicyclic) bond motifs is 1. The average molecular weight is 230 g/mol. The number of rotatable bonds is 1. The first-order valence-electron chi connectivity index (χ1n) is 4.23. The second-order valence-corrected chi connectivity index (χ2v) is 3.83. The van der Waals surface area contributed by atoms with Crippen LogP contribution in [0.25, 0.3) is 0 Å². The normalized spacial score (nSPS) is 17.8. The van der Waals surface area contributed by atoms with Crippen molar-refractivity contribution in [3.05, 3.63) is 16.6 Å². The topological polar surface area (TPSA) is 21.1 Å². The van der Waals surface area contributed by atoms with E-state index in [1.54, 1.807) is 0 Å². The molecule has 1 aromatic rings. The van der Waals surface area contributed by atoms with Crippen LogP contribution in [0.1, 0.15) is 12.7 Å². The molecular formula is C8H12BrN3. The van der Waals surface area contributed by atoms with Crippen LogP contribution in [0, 0.1) is 0 Å². The van der Waals surface area contributed by atoms with Crippen LogP contribution in [0.15, 0.2) is 10.8 Å². The third-order valence-electron chi connectivity index (χ3n) is 2.34. The molecule has 0 amide bonds. The van der Waals surface area contributed by atoms with Crippen molar-refractivity contribution in [3.8, 4) is 0 Å². The van der Waals surface area contributed by atoms with Crippen molar-refractivity contribution in [1.29, 1.82) is 0 Å². The lowest BCUT2D eigenvalue weighted by Gasteiger charge is -2.26. The van der Waals surface area contributed by atoms with Gasteiger partial charge in [0.25, 0.3) is 0 Å². The Morgan fingerprint density at radius 2 is 2.42 bits per heavy atom. The van der Waals surface area contributed by atoms with Gasteiger partial charge in [0.05, 0.1) is 12.7 Å². The van der Waals surface area contributed by atoms with Gasteiger partial charge in [-0.25, -0.2) is 4.98 Å². The first-order chi connectivity index (χ1) is 5.81. The van der Waals surface area contributed by atoms with Crippen LogP contribution >= 0.6 is 15.9 Å². The lowest BCUT2D eigenvalue weighted by molar-refractivity contribution is 0.227. The fourth-order valence-corrected chi connectivity index (χ4v) is 2.03. The van der Waals surface area contributed by atoms with Crippen LogP contribution < -0.4 is 0 Å². The molecule has 1 aliphatic rings. The molecule has 12 heavy (non-hydrogen) atoms. The van der Waals surface area contributed by atoms with E-state index in [9.17, 15) is 0 Å². The molecule has 0 bridgehead atoms. The van der Waals surface area contributed by atoms with Crippen LogP contribution in [0.4, 0.5) is 0 Å². The van der Waals surface area contributed by atoms with E-state index >= 15 is 0 Å². The highest BCUT2D eigenvalue weighted by Gasteiger charge is 2.16. The number of hydrogen-bond acceptors (Lipinski definition) is 2. The van der Waals surface area contributed by atoms with Gasteiger partial charge in [-0.05, 0) is 22.5 Å². The van der Waals surface area contributed by atoms with E-state index in [0.717, 1.165) is 30.8 Å². The van der Waals surface area contributed by atoms with Crippen molar-refractivity contribution in [2.24, 2.45) is 0 Å². The molecule has 0 radical (unpaired) electrons. The van der Waals surface area contributed by atoms with E-state index in [-0.39, 0.29) is 0 Å². The van der Waals surface area contributed by atoms with Crippen LogP contribution in [0.3, 0.4) is 0 Å². The zero-order valence-corrected chi connectivity index (χ0v) is 8.71. The molecule has 0 spiro atoms. The third-order valence-corrected chi connectivity index (χ3v) is 2.97. The summed E-state index contributed by atoms with van der Waals surface area (Å²) >= 11 is 3.48. The summed E-state index contributed by atoms with van der Waals surface area (Å²) in [5.41, 5.74) is 0. The first-order valence-corrected chi connectivity index (χ1v) is 5.03. The van der Waals surface area contributed by atoms with Gasteiger partial charge in [0.1, 0.15) is 10.4 Å². The van der Waals surface area contributed by atoms with Crippen molar-refractivity contribution < 1.29 is 0 Å². The lowest BCUT2D eigenvalue weighted by atomic mass is 10.3. The predicted molar refractivity (Wildman–Crippen MR) is 50.9 cm³/mol. The summed E-state index contributed by atoms with van der Waals surface area (Å²) < 4.78 is 3.33. The molecule has 0 saturated heterocycles. The maximum absolute atomic E-state index is 4.33. The Morgan fingerprint density at radius 3 is 3.17 bits per heavy atom. The van der Waals surface area contributed by atoms with Gasteiger partial charge in [0.15, 0.2) is 0 Å². The van der Waals surface area contributed by atoms with Gasteiger partial charge in [0, 0.05) is 13.1 Å². The Bertz CT molecular complexity index is 282. The largest absolute Gasteiger partial charge is 0.320 e. The minimum absolute atomic E-state index is 0.988. The second-order valence-electron chi connectivity index (χ2n) is 3.02. The van der Waals surface area contributed by atoms with E-state index < -0.39 is 0 Å². The quantitative estimate of drug-likeness (QED) is 0.728. The standard InChI is InChI=1S/C8H12BrN3/c1-2-11-3-4-12-7(9)5-10-8(12)6-11/h5H,2-4,6H2,1H3. The Kier molecular flexibility index (Phi) is 2.19. The molecule has 66 valence electrons. The molecule has 0 aromatic carbocycles. The minimum atomic E-state index is 0.988. The Morgan fingerprint density at radius 1 is 1.58 bits per heavy atom. The molecule has 0 saturated carbocycles. The van der Waals surface area contributed by atoms with Gasteiger partial charge in [-0.15, -0.1) is 0 Å². The zero-order chi connectivity index (χ0) is 8.55. The number of aromatic nitrogens is 2. The van der Waals surface area contributed by atoms with Crippen molar-refractivity contribution in [2.75, 3.05) is 13.1 Å². The molecule has 2 rings (SSSR count). The Hall–Kier alpha value is -0.350. The smallest absolute Gasteiger partial charge is 0.123 e. The molecule has 1 aromatic heterocycles. The number of halogens is 1. The highest BCUT2D eigenvalue weighted by molar-refractivity contribution is 9.10. The SMILES string of the molecule is CCN1CCn2c(Br)cnc2C1. The molecule has 0 fully saturated rings. The molecule has 0 N–H and O–H groups in total. The van der Waals surface area contributed by atoms with Gasteiger partial charge < -0.3 is 4.57 Å². The maximum atomic E-state index is 4.33. The van der Waals surface area contributed by atoms with E-state index in [4.69, 9.17) is 0 Å². The van der Waals surface area contributed by atoms with Crippen LogP contribution in [-0.2, 0) is 13.1 Å².